The molecule has 0 bridgehead atoms. The number of hydrogen-bond acceptors (Lipinski definition) is 5. The van der Waals surface area contributed by atoms with Crippen LogP contribution >= 0.6 is 23.8 Å². The molecule has 2 atom stereocenters. The van der Waals surface area contributed by atoms with Crippen LogP contribution in [0.4, 0.5) is 0 Å². The van der Waals surface area contributed by atoms with E-state index in [0.29, 0.717) is 17.5 Å². The van der Waals surface area contributed by atoms with Crippen LogP contribution in [0.1, 0.15) is 109 Å². The summed E-state index contributed by atoms with van der Waals surface area (Å²) >= 11 is 3.13. The zero-order valence-corrected chi connectivity index (χ0v) is 22.8. The number of unbranched alkanes of at least 4 members (excludes halogenated alkanes) is 13. The van der Waals surface area contributed by atoms with Gasteiger partial charge in [-0.05, 0) is 6.42 Å². The van der Waals surface area contributed by atoms with Crippen LogP contribution < -0.4 is 0 Å². The van der Waals surface area contributed by atoms with Crippen LogP contribution in [0.3, 0.4) is 0 Å². The highest BCUT2D eigenvalue weighted by molar-refractivity contribution is 9.09. The van der Waals surface area contributed by atoms with Crippen molar-refractivity contribution in [2.24, 2.45) is 0 Å². The Morgan fingerprint density at radius 3 is 1.85 bits per heavy atom. The van der Waals surface area contributed by atoms with Crippen molar-refractivity contribution in [2.45, 2.75) is 103 Å². The Hall–Kier alpha value is -0.270. The molecule has 0 radical (unpaired) electrons. The third-order valence-electron chi connectivity index (χ3n) is 5.40. The number of alkyl halides is 1. The molecule has 0 aliphatic heterocycles. The lowest BCUT2D eigenvalue weighted by Gasteiger charge is -2.19. The van der Waals surface area contributed by atoms with Crippen LogP contribution in [0.15, 0.2) is 30.3 Å². The fourth-order valence-corrected chi connectivity index (χ4v) is 4.51. The van der Waals surface area contributed by atoms with Gasteiger partial charge in [-0.2, -0.15) is 4.89 Å². The zero-order valence-electron chi connectivity index (χ0n) is 20.3. The normalized spacial score (nSPS) is 14.3. The molecule has 0 spiro atoms. The first-order chi connectivity index (χ1) is 16.1. The molecule has 0 aromatic heterocycles. The summed E-state index contributed by atoms with van der Waals surface area (Å²) in [4.78, 5) is 14.8. The summed E-state index contributed by atoms with van der Waals surface area (Å²) < 4.78 is 27.0. The number of ether oxygens (including phenoxy) is 1. The van der Waals surface area contributed by atoms with E-state index < -0.39 is 14.1 Å². The lowest BCUT2D eigenvalue weighted by atomic mass is 10.0. The van der Waals surface area contributed by atoms with E-state index in [-0.39, 0.29) is 6.61 Å². The zero-order chi connectivity index (χ0) is 24.0. The molecule has 0 saturated heterocycles. The van der Waals surface area contributed by atoms with Crippen LogP contribution in [0.2, 0.25) is 0 Å². The molecule has 1 rings (SSSR count). The van der Waals surface area contributed by atoms with Gasteiger partial charge < -0.3 is 9.63 Å². The first-order valence-electron chi connectivity index (χ1n) is 12.6. The largest absolute Gasteiger partial charge is 0.499 e. The number of halogens is 1. The molecule has 0 heterocycles. The van der Waals surface area contributed by atoms with E-state index in [1.165, 1.54) is 77.0 Å². The van der Waals surface area contributed by atoms with Gasteiger partial charge in [0.25, 0.3) is 0 Å². The van der Waals surface area contributed by atoms with Crippen molar-refractivity contribution in [3.8, 4) is 0 Å². The minimum absolute atomic E-state index is 0.0348. The van der Waals surface area contributed by atoms with Gasteiger partial charge in [0, 0.05) is 10.9 Å². The summed E-state index contributed by atoms with van der Waals surface area (Å²) in [5.41, 5.74) is 0.711. The SMILES string of the molecule is CCCCCCCCCCCCCCCCOC(OOP(=O)(O)OCCBr)c1ccccc1. The third-order valence-corrected chi connectivity index (χ3v) is 6.50. The average molecular weight is 551 g/mol. The van der Waals surface area contributed by atoms with Crippen LogP contribution in [0.5, 0.6) is 0 Å². The van der Waals surface area contributed by atoms with Crippen LogP contribution in [-0.2, 0) is 23.4 Å². The van der Waals surface area contributed by atoms with E-state index in [1.807, 2.05) is 30.3 Å². The van der Waals surface area contributed by atoms with Crippen molar-refractivity contribution in [3.05, 3.63) is 35.9 Å². The average Bonchev–Trinajstić information content (AvgIpc) is 2.82. The second-order valence-electron chi connectivity index (χ2n) is 8.37. The quantitative estimate of drug-likeness (QED) is 0.0367. The highest BCUT2D eigenvalue weighted by atomic mass is 79.9. The predicted octanol–water partition coefficient (Wildman–Crippen LogP) is 8.64. The number of rotatable bonds is 23. The van der Waals surface area contributed by atoms with E-state index in [0.717, 1.165) is 12.8 Å². The molecule has 192 valence electrons. The molecule has 0 amide bonds. The molecule has 33 heavy (non-hydrogen) atoms. The van der Waals surface area contributed by atoms with Crippen molar-refractivity contribution in [3.63, 3.8) is 0 Å². The first-order valence-corrected chi connectivity index (χ1v) is 15.3. The molecular formula is C25H44BrO6P. The van der Waals surface area contributed by atoms with Gasteiger partial charge in [-0.3, -0.25) is 4.52 Å². The fourth-order valence-electron chi connectivity index (χ4n) is 3.54. The Kier molecular flexibility index (Phi) is 19.6. The van der Waals surface area contributed by atoms with Gasteiger partial charge in [-0.25, -0.2) is 4.57 Å². The Bertz CT molecular complexity index is 604. The van der Waals surface area contributed by atoms with Gasteiger partial charge in [0.05, 0.1) is 13.2 Å². The molecule has 1 N–H and O–H groups in total. The third kappa shape index (κ3) is 17.8. The fraction of sp³-hybridized carbons (Fsp3) is 0.760. The lowest BCUT2D eigenvalue weighted by Crippen LogP contribution is -2.11. The number of benzene rings is 1. The van der Waals surface area contributed by atoms with Crippen LogP contribution in [-0.4, -0.2) is 23.4 Å². The maximum atomic E-state index is 11.8. The minimum Gasteiger partial charge on any atom is -0.346 e. The summed E-state index contributed by atoms with van der Waals surface area (Å²) in [6.45, 7) is 2.78. The molecular weight excluding hydrogens is 507 g/mol. The first kappa shape index (κ1) is 30.8. The topological polar surface area (TPSA) is 74.2 Å². The summed E-state index contributed by atoms with van der Waals surface area (Å²) in [5.74, 6) is 0. The Morgan fingerprint density at radius 1 is 0.818 bits per heavy atom. The maximum Gasteiger partial charge on any atom is 0.499 e. The highest BCUT2D eigenvalue weighted by Crippen LogP contribution is 2.44. The second-order valence-corrected chi connectivity index (χ2v) is 10.5. The van der Waals surface area contributed by atoms with Gasteiger partial charge in [-0.1, -0.05) is 137 Å². The van der Waals surface area contributed by atoms with Gasteiger partial charge in [0.1, 0.15) is 0 Å². The van der Waals surface area contributed by atoms with Crippen LogP contribution in [0, 0.1) is 0 Å². The van der Waals surface area contributed by atoms with E-state index in [4.69, 9.17) is 14.1 Å². The van der Waals surface area contributed by atoms with Crippen molar-refractivity contribution >= 4 is 23.8 Å². The van der Waals surface area contributed by atoms with Crippen molar-refractivity contribution in [1.29, 1.82) is 0 Å². The van der Waals surface area contributed by atoms with Crippen molar-refractivity contribution in [1.82, 2.24) is 0 Å². The van der Waals surface area contributed by atoms with Crippen molar-refractivity contribution < 1.29 is 28.3 Å². The Morgan fingerprint density at radius 2 is 1.33 bits per heavy atom. The number of phosphoric acid groups is 1. The summed E-state index contributed by atoms with van der Waals surface area (Å²) in [6.07, 6.45) is 17.3. The van der Waals surface area contributed by atoms with Gasteiger partial charge in [0.15, 0.2) is 0 Å². The smallest absolute Gasteiger partial charge is 0.346 e. The highest BCUT2D eigenvalue weighted by Gasteiger charge is 2.26. The molecule has 0 aliphatic carbocycles. The molecule has 1 aromatic carbocycles. The maximum absolute atomic E-state index is 11.8. The Labute approximate surface area is 209 Å². The lowest BCUT2D eigenvalue weighted by molar-refractivity contribution is -0.334. The van der Waals surface area contributed by atoms with Crippen LogP contribution in [0.25, 0.3) is 0 Å². The molecule has 1 aromatic rings. The van der Waals surface area contributed by atoms with Gasteiger partial charge >= 0.3 is 7.82 Å². The summed E-state index contributed by atoms with van der Waals surface area (Å²) in [6, 6.07) is 9.22. The summed E-state index contributed by atoms with van der Waals surface area (Å²) in [7, 11) is -4.29. The predicted molar refractivity (Wildman–Crippen MR) is 137 cm³/mol. The number of phosphoric ester groups is 1. The summed E-state index contributed by atoms with van der Waals surface area (Å²) in [5, 5.41) is 0.415. The molecule has 0 aliphatic rings. The molecule has 0 saturated carbocycles. The van der Waals surface area contributed by atoms with E-state index >= 15 is 0 Å². The molecule has 8 heteroatoms. The standard InChI is InChI=1S/C25H44BrO6P/c1-2-3-4-5-6-7-8-9-10-11-12-13-14-18-22-29-25(24-19-16-15-17-20-24)31-32-33(27,28)30-23-21-26/h15-17,19-20,25H,2-14,18,21-23H2,1H3,(H,27,28). The second kappa shape index (κ2) is 21.0. The molecule has 6 nitrogen and oxygen atoms in total. The van der Waals surface area contributed by atoms with Gasteiger partial charge in [0.2, 0.25) is 6.29 Å². The van der Waals surface area contributed by atoms with Gasteiger partial charge in [-0.15, -0.1) is 4.67 Å². The molecule has 2 unspecified atom stereocenters. The molecule has 0 fully saturated rings. The number of hydrogen-bond donors (Lipinski definition) is 1. The minimum atomic E-state index is -4.29. The van der Waals surface area contributed by atoms with E-state index in [9.17, 15) is 9.46 Å². The van der Waals surface area contributed by atoms with E-state index in [1.54, 1.807) is 0 Å². The van der Waals surface area contributed by atoms with Crippen molar-refractivity contribution in [2.75, 3.05) is 18.5 Å². The monoisotopic (exact) mass is 550 g/mol. The van der Waals surface area contributed by atoms with E-state index in [2.05, 4.69) is 27.5 Å². The Balaban J connectivity index is 2.12.